The fourth-order valence-electron chi connectivity index (χ4n) is 6.56. The highest BCUT2D eigenvalue weighted by Crippen LogP contribution is 2.36. The molecule has 8 aromatic heterocycles. The summed E-state index contributed by atoms with van der Waals surface area (Å²) in [6.45, 7) is 16.2. The van der Waals surface area contributed by atoms with E-state index in [-0.39, 0.29) is 42.7 Å². The molecule has 62 heavy (non-hydrogen) atoms. The van der Waals surface area contributed by atoms with Crippen LogP contribution in [0, 0.1) is 27.7 Å². The fourth-order valence-corrected chi connectivity index (χ4v) is 6.99. The van der Waals surface area contributed by atoms with Gasteiger partial charge >= 0.3 is 7.12 Å². The summed E-state index contributed by atoms with van der Waals surface area (Å²) in [5.74, 6) is -0.0663. The first kappa shape index (κ1) is 43.7. The van der Waals surface area contributed by atoms with Crippen LogP contribution in [0.1, 0.15) is 82.1 Å². The fraction of sp³-hybridized carbons (Fsp3) is 0.261. The lowest BCUT2D eigenvalue weighted by molar-refractivity contribution is 0.00578. The summed E-state index contributed by atoms with van der Waals surface area (Å²) in [6, 6.07) is 15.2. The summed E-state index contributed by atoms with van der Waals surface area (Å²) < 4.78 is 15.9. The molecule has 0 N–H and O–H groups in total. The van der Waals surface area contributed by atoms with Gasteiger partial charge < -0.3 is 9.31 Å². The summed E-state index contributed by atoms with van der Waals surface area (Å²) in [5.41, 5.74) is 10.3. The molecule has 0 aromatic carbocycles. The molecular weight excluding hydrogens is 847 g/mol. The van der Waals surface area contributed by atoms with Crippen molar-refractivity contribution in [2.45, 2.75) is 79.4 Å². The van der Waals surface area contributed by atoms with Crippen molar-refractivity contribution in [2.75, 3.05) is 0 Å². The first-order valence-electron chi connectivity index (χ1n) is 20.0. The second-order valence-electron chi connectivity index (χ2n) is 16.1. The quantitative estimate of drug-likeness (QED) is 0.109. The first-order chi connectivity index (χ1) is 29.6. The van der Waals surface area contributed by atoms with Crippen molar-refractivity contribution >= 4 is 51.4 Å². The predicted octanol–water partition coefficient (Wildman–Crippen LogP) is 7.54. The smallest absolute Gasteiger partial charge is 0.399 e. The van der Waals surface area contributed by atoms with Crippen LogP contribution in [0.5, 0.6) is 0 Å². The maximum Gasteiger partial charge on any atom is 0.496 e. The van der Waals surface area contributed by atoms with Crippen LogP contribution in [0.25, 0.3) is 22.4 Å². The number of carbonyl (C=O) groups excluding carboxylic acids is 2. The topological polar surface area (TPSA) is 165 Å². The average molecular weight is 894 g/mol. The molecular formula is C46H46BBrN10O4. The third-order valence-electron chi connectivity index (χ3n) is 10.9. The van der Waals surface area contributed by atoms with Crippen LogP contribution in [-0.4, -0.2) is 79.0 Å². The highest BCUT2D eigenvalue weighted by molar-refractivity contribution is 9.10. The highest BCUT2D eigenvalue weighted by atomic mass is 79.9. The van der Waals surface area contributed by atoms with Gasteiger partial charge in [0.15, 0.2) is 22.9 Å². The number of nitrogens with zero attached hydrogens (tertiary/aromatic N) is 10. The number of rotatable bonds is 8. The number of carbonyl (C=O) groups is 2. The van der Waals surface area contributed by atoms with E-state index in [1.54, 1.807) is 52.3 Å². The van der Waals surface area contributed by atoms with Gasteiger partial charge in [0.1, 0.15) is 12.7 Å². The second kappa shape index (κ2) is 18.3. The maximum absolute atomic E-state index is 12.9. The minimum atomic E-state index is -0.307. The minimum Gasteiger partial charge on any atom is -0.399 e. The molecule has 1 fully saturated rings. The van der Waals surface area contributed by atoms with E-state index in [2.05, 4.69) is 83.7 Å². The monoisotopic (exact) mass is 892 g/mol. The normalized spacial score (nSPS) is 13.9. The molecule has 0 spiro atoms. The number of hydrogen-bond acceptors (Lipinski definition) is 12. The largest absolute Gasteiger partial charge is 0.496 e. The number of aryl methyl sites for hydroxylation is 4. The number of aromatic nitrogens is 10. The molecule has 0 saturated carbocycles. The van der Waals surface area contributed by atoms with Crippen molar-refractivity contribution in [3.63, 3.8) is 0 Å². The number of halogens is 1. The zero-order chi connectivity index (χ0) is 44.2. The van der Waals surface area contributed by atoms with Crippen LogP contribution in [0.2, 0.25) is 0 Å². The van der Waals surface area contributed by atoms with E-state index in [4.69, 9.17) is 9.31 Å². The molecule has 0 unspecified atom stereocenters. The summed E-state index contributed by atoms with van der Waals surface area (Å²) in [4.78, 5) is 50.7. The van der Waals surface area contributed by atoms with Crippen LogP contribution in [0.15, 0.2) is 115 Å². The van der Waals surface area contributed by atoms with Gasteiger partial charge in [0, 0.05) is 82.0 Å². The molecule has 9 rings (SSSR count). The van der Waals surface area contributed by atoms with Crippen LogP contribution in [0.3, 0.4) is 0 Å². The van der Waals surface area contributed by atoms with Crippen molar-refractivity contribution < 1.29 is 18.9 Å². The number of hydrogen-bond donors (Lipinski definition) is 0. The molecule has 0 aliphatic carbocycles. The Morgan fingerprint density at radius 1 is 0.645 bits per heavy atom. The van der Waals surface area contributed by atoms with Crippen molar-refractivity contribution in [3.8, 4) is 11.1 Å². The Morgan fingerprint density at radius 2 is 1.16 bits per heavy atom. The maximum atomic E-state index is 12.9. The van der Waals surface area contributed by atoms with E-state index < -0.39 is 0 Å². The molecule has 314 valence electrons. The molecule has 1 aliphatic heterocycles. The van der Waals surface area contributed by atoms with Gasteiger partial charge in [-0.15, -0.1) is 0 Å². The molecule has 9 heterocycles. The predicted molar refractivity (Wildman–Crippen MR) is 240 cm³/mol. The SMILES string of the molecule is Cc1ccc(CC(=O)c2cc(-c3cnccc3C)cn3ncnc23)nc1.Cc1ccc(CC(=O)c2cc(Br)cn3ncnc23)nc1.Cc1ccncc1B1OC(C)(C)C(C)(C)O1. The van der Waals surface area contributed by atoms with Crippen LogP contribution in [-0.2, 0) is 22.2 Å². The molecule has 0 atom stereocenters. The minimum absolute atomic E-state index is 0.0272. The van der Waals surface area contributed by atoms with E-state index >= 15 is 0 Å². The van der Waals surface area contributed by atoms with Crippen LogP contribution in [0.4, 0.5) is 0 Å². The average Bonchev–Trinajstić information content (AvgIpc) is 3.97. The molecule has 16 heteroatoms. The molecule has 0 bridgehead atoms. The van der Waals surface area contributed by atoms with Crippen molar-refractivity contribution in [1.29, 1.82) is 0 Å². The van der Waals surface area contributed by atoms with Gasteiger partial charge in [-0.2, -0.15) is 10.2 Å². The van der Waals surface area contributed by atoms with Gasteiger partial charge in [-0.1, -0.05) is 12.1 Å². The van der Waals surface area contributed by atoms with E-state index in [0.29, 0.717) is 22.4 Å². The second-order valence-corrected chi connectivity index (χ2v) is 17.1. The molecule has 0 radical (unpaired) electrons. The highest BCUT2D eigenvalue weighted by Gasteiger charge is 2.52. The van der Waals surface area contributed by atoms with E-state index in [0.717, 1.165) is 54.7 Å². The van der Waals surface area contributed by atoms with Crippen molar-refractivity contribution in [3.05, 3.63) is 160 Å². The Morgan fingerprint density at radius 3 is 1.68 bits per heavy atom. The summed E-state index contributed by atoms with van der Waals surface area (Å²) >= 11 is 3.37. The Bertz CT molecular complexity index is 2860. The Balaban J connectivity index is 0.000000144. The Hall–Kier alpha value is -6.36. The third kappa shape index (κ3) is 9.88. The molecule has 14 nitrogen and oxygen atoms in total. The van der Waals surface area contributed by atoms with Crippen molar-refractivity contribution in [1.82, 2.24) is 49.1 Å². The van der Waals surface area contributed by atoms with E-state index in [9.17, 15) is 9.59 Å². The first-order valence-corrected chi connectivity index (χ1v) is 20.8. The number of Topliss-reactive ketones (excluding diaryl/α,β-unsaturated/α-hetero) is 2. The molecule has 8 aromatic rings. The van der Waals surface area contributed by atoms with Gasteiger partial charge in [-0.05, 0) is 130 Å². The van der Waals surface area contributed by atoms with Gasteiger partial charge in [0.05, 0.1) is 35.2 Å². The lowest BCUT2D eigenvalue weighted by atomic mass is 9.77. The van der Waals surface area contributed by atoms with E-state index in [1.165, 1.54) is 12.7 Å². The van der Waals surface area contributed by atoms with Gasteiger partial charge in [0.2, 0.25) is 0 Å². The van der Waals surface area contributed by atoms with Gasteiger partial charge in [-0.3, -0.25) is 29.5 Å². The molecule has 0 amide bonds. The summed E-state index contributed by atoms with van der Waals surface area (Å²) in [6.07, 6.45) is 17.7. The van der Waals surface area contributed by atoms with Gasteiger partial charge in [0.25, 0.3) is 0 Å². The Kier molecular flexibility index (Phi) is 12.9. The van der Waals surface area contributed by atoms with Crippen LogP contribution < -0.4 is 5.46 Å². The zero-order valence-electron chi connectivity index (χ0n) is 35.9. The van der Waals surface area contributed by atoms with Gasteiger partial charge in [-0.25, -0.2) is 19.0 Å². The Labute approximate surface area is 368 Å². The molecule has 1 saturated heterocycles. The lowest BCUT2D eigenvalue weighted by Gasteiger charge is -2.32. The van der Waals surface area contributed by atoms with Crippen LogP contribution >= 0.6 is 15.9 Å². The number of pyridine rings is 6. The standard InChI is InChI=1S/C20H17N5O.C14H11BrN4O.C12H18BNO2/c1-13-3-4-16(22-9-13)8-19(26)17-7-15(11-25-20(17)23-12-24-25)18-10-21-6-5-14(18)2;1-9-2-3-11(16-6-9)5-13(20)12-4-10(15)7-19-14(12)17-8-18-19;1-9-6-7-14-8-10(9)13-15-11(2,3)12(4,5)16-13/h3-7,9-12H,8H2,1-2H3;2-4,6-8H,5H2,1H3;6-8H,1-5H3. The summed E-state index contributed by atoms with van der Waals surface area (Å²) in [7, 11) is -0.307. The molecule has 1 aliphatic rings. The number of ketones is 2. The zero-order valence-corrected chi connectivity index (χ0v) is 37.5. The third-order valence-corrected chi connectivity index (χ3v) is 11.3. The lowest BCUT2D eigenvalue weighted by Crippen LogP contribution is -2.41. The van der Waals surface area contributed by atoms with E-state index in [1.807, 2.05) is 82.6 Å². The summed E-state index contributed by atoms with van der Waals surface area (Å²) in [5, 5.41) is 8.26. The van der Waals surface area contributed by atoms with Crippen molar-refractivity contribution in [2.24, 2.45) is 0 Å². The number of fused-ring (bicyclic) bond motifs is 2.